The summed E-state index contributed by atoms with van der Waals surface area (Å²) >= 11 is 13.5. The molecule has 0 unspecified atom stereocenters. The van der Waals surface area contributed by atoms with Gasteiger partial charge in [0.25, 0.3) is 5.91 Å². The first kappa shape index (κ1) is 14.1. The molecule has 0 saturated heterocycles. The first-order valence-electron chi connectivity index (χ1n) is 4.86. The lowest BCUT2D eigenvalue weighted by atomic mass is 10.2. The van der Waals surface area contributed by atoms with Gasteiger partial charge in [0.15, 0.2) is 0 Å². The number of alkyl halides is 2. The standard InChI is InChI=1S/C11H12Cl2INO/c12-5-7-15(8-6-13)11(16)9-3-1-2-4-10(9)14/h1-4H,5-8H2. The molecule has 0 aromatic heterocycles. The number of halogens is 3. The molecular formula is C11H12Cl2INO. The molecule has 1 aromatic rings. The van der Waals surface area contributed by atoms with E-state index in [1.807, 2.05) is 24.3 Å². The van der Waals surface area contributed by atoms with Crippen LogP contribution in [-0.2, 0) is 0 Å². The lowest BCUT2D eigenvalue weighted by Gasteiger charge is -2.21. The average molecular weight is 372 g/mol. The van der Waals surface area contributed by atoms with Gasteiger partial charge in [0.05, 0.1) is 5.56 Å². The van der Waals surface area contributed by atoms with E-state index in [4.69, 9.17) is 23.2 Å². The van der Waals surface area contributed by atoms with Gasteiger partial charge in [-0.25, -0.2) is 0 Å². The molecular weight excluding hydrogens is 360 g/mol. The van der Waals surface area contributed by atoms with Crippen LogP contribution in [0.3, 0.4) is 0 Å². The summed E-state index contributed by atoms with van der Waals surface area (Å²) in [6.45, 7) is 1.05. The second-order valence-electron chi connectivity index (χ2n) is 3.15. The Kier molecular flexibility index (Phi) is 6.46. The minimum Gasteiger partial charge on any atom is -0.336 e. The van der Waals surface area contributed by atoms with Crippen LogP contribution >= 0.6 is 45.8 Å². The van der Waals surface area contributed by atoms with Crippen molar-refractivity contribution in [3.63, 3.8) is 0 Å². The molecule has 1 rings (SSSR count). The molecule has 0 aliphatic carbocycles. The van der Waals surface area contributed by atoms with E-state index < -0.39 is 0 Å². The lowest BCUT2D eigenvalue weighted by Crippen LogP contribution is -2.34. The van der Waals surface area contributed by atoms with Gasteiger partial charge in [-0.2, -0.15) is 0 Å². The van der Waals surface area contributed by atoms with Gasteiger partial charge >= 0.3 is 0 Å². The summed E-state index contributed by atoms with van der Waals surface area (Å²) in [6, 6.07) is 7.49. The Hall–Kier alpha value is -0.000000000000000111. The van der Waals surface area contributed by atoms with E-state index in [1.165, 1.54) is 0 Å². The highest BCUT2D eigenvalue weighted by Crippen LogP contribution is 2.14. The minimum atomic E-state index is -0.00806. The molecule has 0 saturated carbocycles. The summed E-state index contributed by atoms with van der Waals surface area (Å²) in [5.41, 5.74) is 0.707. The van der Waals surface area contributed by atoms with Gasteiger partial charge < -0.3 is 4.90 Å². The summed E-state index contributed by atoms with van der Waals surface area (Å²) in [5.74, 6) is 0.837. The third kappa shape index (κ3) is 3.79. The smallest absolute Gasteiger partial charge is 0.255 e. The Bertz CT molecular complexity index is 354. The molecule has 16 heavy (non-hydrogen) atoms. The quantitative estimate of drug-likeness (QED) is 0.575. The Morgan fingerprint density at radius 3 is 2.25 bits per heavy atom. The Balaban J connectivity index is 2.85. The number of benzene rings is 1. The van der Waals surface area contributed by atoms with Crippen LogP contribution in [-0.4, -0.2) is 35.7 Å². The van der Waals surface area contributed by atoms with Crippen LogP contribution in [0, 0.1) is 3.57 Å². The van der Waals surface area contributed by atoms with Crippen molar-refractivity contribution in [1.29, 1.82) is 0 Å². The highest BCUT2D eigenvalue weighted by Gasteiger charge is 2.16. The number of carbonyl (C=O) groups excluding carboxylic acids is 1. The van der Waals surface area contributed by atoms with Gasteiger partial charge in [0.2, 0.25) is 0 Å². The zero-order chi connectivity index (χ0) is 12.0. The number of amides is 1. The zero-order valence-corrected chi connectivity index (χ0v) is 12.3. The molecule has 5 heteroatoms. The first-order valence-corrected chi connectivity index (χ1v) is 7.01. The number of rotatable bonds is 5. The van der Waals surface area contributed by atoms with Gasteiger partial charge in [0, 0.05) is 28.4 Å². The Morgan fingerprint density at radius 2 is 1.75 bits per heavy atom. The summed E-state index contributed by atoms with van der Waals surface area (Å²) in [4.78, 5) is 13.8. The second kappa shape index (κ2) is 7.35. The van der Waals surface area contributed by atoms with Crippen molar-refractivity contribution in [3.05, 3.63) is 33.4 Å². The number of nitrogens with zero attached hydrogens (tertiary/aromatic N) is 1. The molecule has 0 fully saturated rings. The van der Waals surface area contributed by atoms with Crippen LogP contribution in [0.5, 0.6) is 0 Å². The van der Waals surface area contributed by atoms with Crippen LogP contribution in [0.25, 0.3) is 0 Å². The summed E-state index contributed by atoms with van der Waals surface area (Å²) in [7, 11) is 0. The summed E-state index contributed by atoms with van der Waals surface area (Å²) in [6.07, 6.45) is 0. The highest BCUT2D eigenvalue weighted by atomic mass is 127. The third-order valence-corrected chi connectivity index (χ3v) is 3.38. The minimum absolute atomic E-state index is 0.00806. The predicted octanol–water partition coefficient (Wildman–Crippen LogP) is 3.21. The van der Waals surface area contributed by atoms with Gasteiger partial charge in [0.1, 0.15) is 0 Å². The molecule has 2 nitrogen and oxygen atoms in total. The van der Waals surface area contributed by atoms with Crippen LogP contribution in [0.15, 0.2) is 24.3 Å². The van der Waals surface area contributed by atoms with Crippen LogP contribution in [0.2, 0.25) is 0 Å². The van der Waals surface area contributed by atoms with Crippen molar-refractivity contribution in [2.45, 2.75) is 0 Å². The van der Waals surface area contributed by atoms with E-state index >= 15 is 0 Å². The maximum Gasteiger partial charge on any atom is 0.255 e. The van der Waals surface area contributed by atoms with Gasteiger partial charge in [-0.1, -0.05) is 12.1 Å². The topological polar surface area (TPSA) is 20.3 Å². The van der Waals surface area contributed by atoms with Gasteiger partial charge in [-0.15, -0.1) is 23.2 Å². The van der Waals surface area contributed by atoms with Crippen LogP contribution in [0.4, 0.5) is 0 Å². The molecule has 0 radical (unpaired) electrons. The lowest BCUT2D eigenvalue weighted by molar-refractivity contribution is 0.0774. The molecule has 0 atom stereocenters. The fourth-order valence-corrected chi connectivity index (χ4v) is 2.35. The van der Waals surface area contributed by atoms with Crippen molar-refractivity contribution in [3.8, 4) is 0 Å². The molecule has 0 bridgehead atoms. The fourth-order valence-electron chi connectivity index (χ4n) is 1.32. The second-order valence-corrected chi connectivity index (χ2v) is 5.07. The average Bonchev–Trinajstić information content (AvgIpc) is 2.28. The monoisotopic (exact) mass is 371 g/mol. The van der Waals surface area contributed by atoms with Crippen molar-refractivity contribution >= 4 is 51.7 Å². The van der Waals surface area contributed by atoms with Crippen molar-refractivity contribution in [1.82, 2.24) is 4.90 Å². The molecule has 0 N–H and O–H groups in total. The zero-order valence-electron chi connectivity index (χ0n) is 8.63. The van der Waals surface area contributed by atoms with Crippen LogP contribution < -0.4 is 0 Å². The number of carbonyl (C=O) groups is 1. The predicted molar refractivity (Wildman–Crippen MR) is 76.5 cm³/mol. The molecule has 1 amide bonds. The Labute approximate surface area is 119 Å². The Morgan fingerprint density at radius 1 is 1.19 bits per heavy atom. The SMILES string of the molecule is O=C(c1ccccc1I)N(CCCl)CCCl. The molecule has 0 spiro atoms. The molecule has 88 valence electrons. The van der Waals surface area contributed by atoms with E-state index in [9.17, 15) is 4.79 Å². The normalized spacial score (nSPS) is 10.2. The molecule has 0 aliphatic rings. The van der Waals surface area contributed by atoms with Gasteiger partial charge in [-0.05, 0) is 34.7 Å². The molecule has 0 heterocycles. The first-order chi connectivity index (χ1) is 7.70. The largest absolute Gasteiger partial charge is 0.336 e. The van der Waals surface area contributed by atoms with Crippen molar-refractivity contribution in [2.75, 3.05) is 24.8 Å². The number of hydrogen-bond acceptors (Lipinski definition) is 1. The fraction of sp³-hybridized carbons (Fsp3) is 0.364. The van der Waals surface area contributed by atoms with Crippen molar-refractivity contribution < 1.29 is 4.79 Å². The summed E-state index contributed by atoms with van der Waals surface area (Å²) < 4.78 is 0.944. The van der Waals surface area contributed by atoms with E-state index in [1.54, 1.807) is 4.90 Å². The van der Waals surface area contributed by atoms with Gasteiger partial charge in [-0.3, -0.25) is 4.79 Å². The van der Waals surface area contributed by atoms with E-state index in [0.717, 1.165) is 3.57 Å². The summed E-state index contributed by atoms with van der Waals surface area (Å²) in [5, 5.41) is 0. The van der Waals surface area contributed by atoms with E-state index in [-0.39, 0.29) is 5.91 Å². The molecule has 1 aromatic carbocycles. The third-order valence-electron chi connectivity index (χ3n) is 2.10. The maximum atomic E-state index is 12.1. The highest BCUT2D eigenvalue weighted by molar-refractivity contribution is 14.1. The van der Waals surface area contributed by atoms with E-state index in [0.29, 0.717) is 30.4 Å². The maximum absolute atomic E-state index is 12.1. The molecule has 0 aliphatic heterocycles. The van der Waals surface area contributed by atoms with Crippen LogP contribution in [0.1, 0.15) is 10.4 Å². The van der Waals surface area contributed by atoms with Crippen molar-refractivity contribution in [2.24, 2.45) is 0 Å². The number of hydrogen-bond donors (Lipinski definition) is 0. The van der Waals surface area contributed by atoms with E-state index in [2.05, 4.69) is 22.6 Å².